The molecule has 0 aliphatic carbocycles. The number of rotatable bonds is 8. The second-order valence-electron chi connectivity index (χ2n) is 6.54. The van der Waals surface area contributed by atoms with Gasteiger partial charge in [0.2, 0.25) is 0 Å². The molecule has 1 amide bonds. The van der Waals surface area contributed by atoms with Crippen LogP contribution in [0, 0.1) is 0 Å². The van der Waals surface area contributed by atoms with Gasteiger partial charge in [0.05, 0.1) is 24.9 Å². The van der Waals surface area contributed by atoms with Crippen molar-refractivity contribution in [2.45, 2.75) is 90.3 Å². The van der Waals surface area contributed by atoms with Gasteiger partial charge in [-0.25, -0.2) is 4.79 Å². The summed E-state index contributed by atoms with van der Waals surface area (Å²) >= 11 is 0. The average molecular weight is 331 g/mol. The van der Waals surface area contributed by atoms with E-state index in [0.717, 1.165) is 25.7 Å². The summed E-state index contributed by atoms with van der Waals surface area (Å²) in [5.74, 6) is 0. The minimum atomic E-state index is -0.705. The molecule has 23 heavy (non-hydrogen) atoms. The Morgan fingerprint density at radius 2 is 1.96 bits per heavy atom. The zero-order valence-corrected chi connectivity index (χ0v) is 14.9. The van der Waals surface area contributed by atoms with Crippen molar-refractivity contribution >= 4 is 6.09 Å². The number of hydrogen-bond acceptors (Lipinski definition) is 5. The van der Waals surface area contributed by atoms with Crippen molar-refractivity contribution in [3.05, 3.63) is 0 Å². The lowest BCUT2D eigenvalue weighted by atomic mass is 9.93. The molecule has 1 aliphatic rings. The van der Waals surface area contributed by atoms with E-state index in [1.807, 2.05) is 20.8 Å². The zero-order chi connectivity index (χ0) is 17.4. The molecule has 1 saturated heterocycles. The molecule has 0 spiro atoms. The first-order valence-electron chi connectivity index (χ1n) is 8.86. The van der Waals surface area contributed by atoms with Gasteiger partial charge >= 0.3 is 6.09 Å². The summed E-state index contributed by atoms with van der Waals surface area (Å²) in [6, 6.07) is -0.0752. The number of amides is 1. The van der Waals surface area contributed by atoms with Crippen molar-refractivity contribution < 1.29 is 24.5 Å². The second kappa shape index (κ2) is 10.1. The van der Waals surface area contributed by atoms with E-state index >= 15 is 0 Å². The quantitative estimate of drug-likeness (QED) is 0.713. The van der Waals surface area contributed by atoms with Gasteiger partial charge in [-0.2, -0.15) is 0 Å². The van der Waals surface area contributed by atoms with Gasteiger partial charge in [0.15, 0.2) is 6.10 Å². The molecular weight excluding hydrogens is 298 g/mol. The molecule has 0 radical (unpaired) electrons. The Balaban J connectivity index is 2.76. The Labute approximate surface area is 139 Å². The Kier molecular flexibility index (Phi) is 8.87. The van der Waals surface area contributed by atoms with Crippen molar-refractivity contribution in [1.29, 1.82) is 0 Å². The number of aliphatic hydroxyl groups excluding tert-OH is 2. The zero-order valence-electron chi connectivity index (χ0n) is 14.9. The summed E-state index contributed by atoms with van der Waals surface area (Å²) in [5, 5.41) is 19.5. The van der Waals surface area contributed by atoms with Crippen LogP contribution in [-0.4, -0.2) is 64.8 Å². The first-order valence-corrected chi connectivity index (χ1v) is 8.86. The van der Waals surface area contributed by atoms with Crippen LogP contribution in [0.15, 0.2) is 0 Å². The van der Waals surface area contributed by atoms with E-state index in [2.05, 4.69) is 6.92 Å². The average Bonchev–Trinajstić information content (AvgIpc) is 2.48. The maximum atomic E-state index is 12.4. The molecule has 136 valence electrons. The SMILES string of the molecule is CCC[C@H]1C[C@H](O)[C@@H](OC(=O)N(CCO)C(C)C)[C@@H](CCC)O1. The molecule has 1 aliphatic heterocycles. The van der Waals surface area contributed by atoms with Crippen LogP contribution in [0.2, 0.25) is 0 Å². The Morgan fingerprint density at radius 3 is 2.48 bits per heavy atom. The molecule has 1 rings (SSSR count). The topological polar surface area (TPSA) is 79.2 Å². The number of aliphatic hydroxyl groups is 2. The lowest BCUT2D eigenvalue weighted by molar-refractivity contribution is -0.175. The molecule has 0 unspecified atom stereocenters. The molecule has 1 fully saturated rings. The van der Waals surface area contributed by atoms with Crippen LogP contribution in [0.5, 0.6) is 0 Å². The van der Waals surface area contributed by atoms with Gasteiger partial charge in [-0.1, -0.05) is 26.7 Å². The van der Waals surface area contributed by atoms with E-state index in [9.17, 15) is 9.90 Å². The lowest BCUT2D eigenvalue weighted by Crippen LogP contribution is -2.52. The molecule has 0 aromatic heterocycles. The molecule has 0 aromatic carbocycles. The monoisotopic (exact) mass is 331 g/mol. The van der Waals surface area contributed by atoms with Gasteiger partial charge in [-0.3, -0.25) is 0 Å². The number of nitrogens with zero attached hydrogens (tertiary/aromatic N) is 1. The normalized spacial score (nSPS) is 28.0. The van der Waals surface area contributed by atoms with E-state index < -0.39 is 18.3 Å². The highest BCUT2D eigenvalue weighted by Crippen LogP contribution is 2.28. The fraction of sp³-hybridized carbons (Fsp3) is 0.941. The first-order chi connectivity index (χ1) is 10.9. The van der Waals surface area contributed by atoms with E-state index in [-0.39, 0.29) is 31.4 Å². The van der Waals surface area contributed by atoms with Gasteiger partial charge in [0.25, 0.3) is 0 Å². The lowest BCUT2D eigenvalue weighted by Gasteiger charge is -2.40. The van der Waals surface area contributed by atoms with Crippen LogP contribution in [-0.2, 0) is 9.47 Å². The summed E-state index contributed by atoms with van der Waals surface area (Å²) in [5.41, 5.74) is 0. The number of hydrogen-bond donors (Lipinski definition) is 2. The highest BCUT2D eigenvalue weighted by molar-refractivity contribution is 5.68. The summed E-state index contributed by atoms with van der Waals surface area (Å²) in [7, 11) is 0. The molecule has 6 nitrogen and oxygen atoms in total. The van der Waals surface area contributed by atoms with E-state index in [0.29, 0.717) is 6.42 Å². The molecular formula is C17H33NO5. The Bertz CT molecular complexity index is 350. The first kappa shape index (κ1) is 20.2. The molecule has 2 N–H and O–H groups in total. The Hall–Kier alpha value is -0.850. The molecule has 0 saturated carbocycles. The molecule has 6 heteroatoms. The van der Waals surface area contributed by atoms with Crippen molar-refractivity contribution in [3.63, 3.8) is 0 Å². The highest BCUT2D eigenvalue weighted by Gasteiger charge is 2.40. The van der Waals surface area contributed by atoms with Gasteiger partial charge in [0.1, 0.15) is 0 Å². The third kappa shape index (κ3) is 5.94. The predicted molar refractivity (Wildman–Crippen MR) is 88.3 cm³/mol. The minimum Gasteiger partial charge on any atom is -0.441 e. The third-order valence-corrected chi connectivity index (χ3v) is 4.24. The maximum Gasteiger partial charge on any atom is 0.410 e. The fourth-order valence-corrected chi connectivity index (χ4v) is 3.06. The molecule has 0 aromatic rings. The number of ether oxygens (including phenoxy) is 2. The maximum absolute atomic E-state index is 12.4. The highest BCUT2D eigenvalue weighted by atomic mass is 16.6. The van der Waals surface area contributed by atoms with Crippen LogP contribution in [0.3, 0.4) is 0 Å². The van der Waals surface area contributed by atoms with Crippen molar-refractivity contribution in [1.82, 2.24) is 4.90 Å². The smallest absolute Gasteiger partial charge is 0.410 e. The number of carbonyl (C=O) groups is 1. The van der Waals surface area contributed by atoms with E-state index in [1.165, 1.54) is 4.90 Å². The second-order valence-corrected chi connectivity index (χ2v) is 6.54. The van der Waals surface area contributed by atoms with Crippen LogP contribution >= 0.6 is 0 Å². The van der Waals surface area contributed by atoms with Crippen molar-refractivity contribution in [2.24, 2.45) is 0 Å². The van der Waals surface area contributed by atoms with Crippen LogP contribution in [0.1, 0.15) is 59.8 Å². The summed E-state index contributed by atoms with van der Waals surface area (Å²) in [6.07, 6.45) is 1.95. The summed E-state index contributed by atoms with van der Waals surface area (Å²) in [4.78, 5) is 13.8. The number of carbonyl (C=O) groups excluding carboxylic acids is 1. The Morgan fingerprint density at radius 1 is 1.30 bits per heavy atom. The minimum absolute atomic E-state index is 0.0279. The van der Waals surface area contributed by atoms with Crippen LogP contribution in [0.4, 0.5) is 4.79 Å². The fourth-order valence-electron chi connectivity index (χ4n) is 3.06. The molecule has 1 heterocycles. The summed E-state index contributed by atoms with van der Waals surface area (Å²) < 4.78 is 11.6. The van der Waals surface area contributed by atoms with E-state index in [4.69, 9.17) is 14.6 Å². The van der Waals surface area contributed by atoms with Crippen molar-refractivity contribution in [2.75, 3.05) is 13.2 Å². The van der Waals surface area contributed by atoms with Crippen LogP contribution < -0.4 is 0 Å². The van der Waals surface area contributed by atoms with Gasteiger partial charge < -0.3 is 24.6 Å². The van der Waals surface area contributed by atoms with Gasteiger partial charge in [0, 0.05) is 19.0 Å². The predicted octanol–water partition coefficient (Wildman–Crippen LogP) is 2.31. The van der Waals surface area contributed by atoms with Crippen molar-refractivity contribution in [3.8, 4) is 0 Å². The largest absolute Gasteiger partial charge is 0.441 e. The van der Waals surface area contributed by atoms with Gasteiger partial charge in [-0.15, -0.1) is 0 Å². The van der Waals surface area contributed by atoms with Gasteiger partial charge in [-0.05, 0) is 26.7 Å². The molecule has 0 bridgehead atoms. The molecule has 4 atom stereocenters. The standard InChI is InChI=1S/C17H33NO5/c1-5-7-13-11-14(20)16(15(22-13)8-6-2)23-17(21)18(9-10-19)12(3)4/h12-16,19-20H,5-11H2,1-4H3/t13-,14-,15+,16+/m0/s1. The third-order valence-electron chi connectivity index (χ3n) is 4.24. The summed E-state index contributed by atoms with van der Waals surface area (Å²) in [6.45, 7) is 7.97. The van der Waals surface area contributed by atoms with Crippen LogP contribution in [0.25, 0.3) is 0 Å². The van der Waals surface area contributed by atoms with E-state index in [1.54, 1.807) is 0 Å².